The van der Waals surface area contributed by atoms with Crippen LogP contribution in [0.15, 0.2) is 65.3 Å². The molecule has 7 nitrogen and oxygen atoms in total. The SMILES string of the molecule is Cc1ccc(CNC(=O)c2nnn(-c3ccc(F)cc3)c2-c2ccncc2)o1. The van der Waals surface area contributed by atoms with Crippen molar-refractivity contribution in [3.05, 3.63) is 84.0 Å². The van der Waals surface area contributed by atoms with E-state index in [0.29, 0.717) is 22.7 Å². The molecule has 0 saturated heterocycles. The molecule has 0 unspecified atom stereocenters. The zero-order valence-electron chi connectivity index (χ0n) is 15.0. The van der Waals surface area contributed by atoms with E-state index in [1.807, 2.05) is 13.0 Å². The van der Waals surface area contributed by atoms with Crippen LogP contribution < -0.4 is 5.32 Å². The lowest BCUT2D eigenvalue weighted by molar-refractivity contribution is 0.0943. The number of halogens is 1. The average Bonchev–Trinajstić information content (AvgIpc) is 3.34. The number of nitrogens with zero attached hydrogens (tertiary/aromatic N) is 4. The highest BCUT2D eigenvalue weighted by Crippen LogP contribution is 2.25. The van der Waals surface area contributed by atoms with Crippen LogP contribution in [-0.2, 0) is 6.54 Å². The molecule has 28 heavy (non-hydrogen) atoms. The van der Waals surface area contributed by atoms with Crippen molar-refractivity contribution in [1.82, 2.24) is 25.3 Å². The quantitative estimate of drug-likeness (QED) is 0.577. The van der Waals surface area contributed by atoms with Gasteiger partial charge < -0.3 is 9.73 Å². The molecule has 4 aromatic rings. The topological polar surface area (TPSA) is 85.8 Å². The highest BCUT2D eigenvalue weighted by Gasteiger charge is 2.22. The predicted octanol–water partition coefficient (Wildman–Crippen LogP) is 3.30. The molecule has 0 saturated carbocycles. The predicted molar refractivity (Wildman–Crippen MR) is 99.2 cm³/mol. The maximum atomic E-state index is 13.3. The molecule has 4 rings (SSSR count). The van der Waals surface area contributed by atoms with E-state index in [-0.39, 0.29) is 18.1 Å². The van der Waals surface area contributed by atoms with Gasteiger partial charge in [-0.1, -0.05) is 5.21 Å². The molecule has 0 bridgehead atoms. The van der Waals surface area contributed by atoms with Crippen molar-refractivity contribution >= 4 is 5.91 Å². The largest absolute Gasteiger partial charge is 0.465 e. The van der Waals surface area contributed by atoms with Crippen LogP contribution in [0.1, 0.15) is 22.0 Å². The van der Waals surface area contributed by atoms with Gasteiger partial charge in [0.15, 0.2) is 5.69 Å². The zero-order valence-corrected chi connectivity index (χ0v) is 15.0. The van der Waals surface area contributed by atoms with E-state index >= 15 is 0 Å². The number of pyridine rings is 1. The second-order valence-corrected chi connectivity index (χ2v) is 6.11. The molecule has 0 spiro atoms. The Hall–Kier alpha value is -3.81. The highest BCUT2D eigenvalue weighted by molar-refractivity contribution is 5.98. The number of aromatic nitrogens is 4. The fourth-order valence-corrected chi connectivity index (χ4v) is 2.80. The van der Waals surface area contributed by atoms with Gasteiger partial charge in [-0.15, -0.1) is 5.10 Å². The number of hydrogen-bond acceptors (Lipinski definition) is 5. The fraction of sp³-hybridized carbons (Fsp3) is 0.100. The summed E-state index contributed by atoms with van der Waals surface area (Å²) in [6, 6.07) is 12.9. The maximum Gasteiger partial charge on any atom is 0.274 e. The van der Waals surface area contributed by atoms with Crippen molar-refractivity contribution in [2.45, 2.75) is 13.5 Å². The first-order valence-corrected chi connectivity index (χ1v) is 8.57. The van der Waals surface area contributed by atoms with E-state index < -0.39 is 5.91 Å². The number of hydrogen-bond donors (Lipinski definition) is 1. The van der Waals surface area contributed by atoms with Crippen LogP contribution in [0.25, 0.3) is 16.9 Å². The van der Waals surface area contributed by atoms with Crippen molar-refractivity contribution in [1.29, 1.82) is 0 Å². The Morgan fingerprint density at radius 3 is 2.54 bits per heavy atom. The Bertz CT molecular complexity index is 1100. The normalized spacial score (nSPS) is 10.8. The fourth-order valence-electron chi connectivity index (χ4n) is 2.80. The average molecular weight is 377 g/mol. The molecule has 3 heterocycles. The van der Waals surface area contributed by atoms with Crippen LogP contribution in [-0.4, -0.2) is 25.9 Å². The minimum absolute atomic E-state index is 0.152. The first-order valence-electron chi connectivity index (χ1n) is 8.57. The third-order valence-corrected chi connectivity index (χ3v) is 4.13. The molecule has 0 aliphatic rings. The van der Waals surface area contributed by atoms with Crippen LogP contribution in [0.3, 0.4) is 0 Å². The molecule has 140 valence electrons. The van der Waals surface area contributed by atoms with Crippen molar-refractivity contribution in [3.8, 4) is 16.9 Å². The van der Waals surface area contributed by atoms with Gasteiger partial charge in [-0.25, -0.2) is 9.07 Å². The summed E-state index contributed by atoms with van der Waals surface area (Å²) in [5.41, 5.74) is 1.94. The number of furan rings is 1. The van der Waals surface area contributed by atoms with E-state index in [1.165, 1.54) is 16.8 Å². The number of aryl methyl sites for hydroxylation is 1. The van der Waals surface area contributed by atoms with Gasteiger partial charge in [-0.2, -0.15) is 0 Å². The first-order chi connectivity index (χ1) is 13.6. The van der Waals surface area contributed by atoms with Gasteiger partial charge in [0.1, 0.15) is 23.0 Å². The van der Waals surface area contributed by atoms with Crippen LogP contribution in [0.5, 0.6) is 0 Å². The first kappa shape index (κ1) is 17.6. The Morgan fingerprint density at radius 2 is 1.86 bits per heavy atom. The molecule has 0 radical (unpaired) electrons. The van der Waals surface area contributed by atoms with E-state index in [1.54, 1.807) is 42.7 Å². The lowest BCUT2D eigenvalue weighted by Gasteiger charge is -2.08. The molecular weight excluding hydrogens is 361 g/mol. The summed E-state index contributed by atoms with van der Waals surface area (Å²) in [5.74, 6) is 0.654. The van der Waals surface area contributed by atoms with E-state index in [2.05, 4.69) is 20.6 Å². The van der Waals surface area contributed by atoms with Crippen LogP contribution in [0.2, 0.25) is 0 Å². The minimum atomic E-state index is -0.394. The van der Waals surface area contributed by atoms with Crippen LogP contribution >= 0.6 is 0 Å². The summed E-state index contributed by atoms with van der Waals surface area (Å²) in [6.45, 7) is 2.06. The second kappa shape index (κ2) is 7.43. The van der Waals surface area contributed by atoms with Gasteiger partial charge in [-0.3, -0.25) is 9.78 Å². The Balaban J connectivity index is 1.70. The lowest BCUT2D eigenvalue weighted by atomic mass is 10.1. The van der Waals surface area contributed by atoms with Gasteiger partial charge >= 0.3 is 0 Å². The monoisotopic (exact) mass is 377 g/mol. The Morgan fingerprint density at radius 1 is 1.11 bits per heavy atom. The van der Waals surface area contributed by atoms with Gasteiger partial charge in [-0.05, 0) is 55.5 Å². The molecule has 0 aliphatic carbocycles. The Labute approximate surface area is 159 Å². The summed E-state index contributed by atoms with van der Waals surface area (Å²) >= 11 is 0. The maximum absolute atomic E-state index is 13.3. The number of nitrogens with one attached hydrogen (secondary N) is 1. The number of rotatable bonds is 5. The van der Waals surface area contributed by atoms with Crippen LogP contribution in [0.4, 0.5) is 4.39 Å². The van der Waals surface area contributed by atoms with E-state index in [9.17, 15) is 9.18 Å². The molecule has 0 fully saturated rings. The number of amides is 1. The molecule has 1 N–H and O–H groups in total. The van der Waals surface area contributed by atoms with Crippen molar-refractivity contribution in [2.75, 3.05) is 0 Å². The van der Waals surface area contributed by atoms with Gasteiger partial charge in [0.05, 0.1) is 12.2 Å². The van der Waals surface area contributed by atoms with E-state index in [4.69, 9.17) is 4.42 Å². The van der Waals surface area contributed by atoms with E-state index in [0.717, 1.165) is 5.76 Å². The number of benzene rings is 1. The van der Waals surface area contributed by atoms with Gasteiger partial charge in [0.2, 0.25) is 0 Å². The summed E-state index contributed by atoms with van der Waals surface area (Å²) in [4.78, 5) is 16.8. The lowest BCUT2D eigenvalue weighted by Crippen LogP contribution is -2.23. The molecular formula is C20H16FN5O2. The summed E-state index contributed by atoms with van der Waals surface area (Å²) < 4.78 is 20.3. The minimum Gasteiger partial charge on any atom is -0.465 e. The third kappa shape index (κ3) is 3.52. The summed E-state index contributed by atoms with van der Waals surface area (Å²) in [7, 11) is 0. The summed E-state index contributed by atoms with van der Waals surface area (Å²) in [5, 5.41) is 11.0. The molecule has 0 aliphatic heterocycles. The highest BCUT2D eigenvalue weighted by atomic mass is 19.1. The van der Waals surface area contributed by atoms with Gasteiger partial charge in [0, 0.05) is 18.0 Å². The van der Waals surface area contributed by atoms with Crippen LogP contribution in [0, 0.1) is 12.7 Å². The second-order valence-electron chi connectivity index (χ2n) is 6.11. The van der Waals surface area contributed by atoms with Gasteiger partial charge in [0.25, 0.3) is 5.91 Å². The molecule has 8 heteroatoms. The summed E-state index contributed by atoms with van der Waals surface area (Å²) in [6.07, 6.45) is 3.23. The molecule has 3 aromatic heterocycles. The zero-order chi connectivity index (χ0) is 19.5. The third-order valence-electron chi connectivity index (χ3n) is 4.13. The Kier molecular flexibility index (Phi) is 4.67. The van der Waals surface area contributed by atoms with Crippen molar-refractivity contribution < 1.29 is 13.6 Å². The molecule has 1 amide bonds. The molecule has 1 aromatic carbocycles. The number of carbonyl (C=O) groups is 1. The smallest absolute Gasteiger partial charge is 0.274 e. The van der Waals surface area contributed by atoms with Crippen molar-refractivity contribution in [2.24, 2.45) is 0 Å². The molecule has 0 atom stereocenters. The number of carbonyl (C=O) groups excluding carboxylic acids is 1. The van der Waals surface area contributed by atoms with Crippen molar-refractivity contribution in [3.63, 3.8) is 0 Å². The standard InChI is InChI=1S/C20H16FN5O2/c1-13-2-7-17(28-13)12-23-20(27)18-19(14-8-10-22-11-9-14)26(25-24-18)16-5-3-15(21)4-6-16/h2-11H,12H2,1H3,(H,23,27).